The number of hydrogen-bond donors (Lipinski definition) is 2. The molecule has 150 valence electrons. The number of amides is 1. The van der Waals surface area contributed by atoms with Crippen molar-refractivity contribution in [2.24, 2.45) is 0 Å². The lowest BCUT2D eigenvalue weighted by Crippen LogP contribution is -2.49. The van der Waals surface area contributed by atoms with Crippen LogP contribution in [0.5, 0.6) is 0 Å². The molecule has 0 aromatic heterocycles. The van der Waals surface area contributed by atoms with Gasteiger partial charge in [-0.05, 0) is 36.8 Å². The smallest absolute Gasteiger partial charge is 0.253 e. The maximum atomic E-state index is 14.5. The molecule has 1 aromatic rings. The Balaban J connectivity index is 1.61. The van der Waals surface area contributed by atoms with Gasteiger partial charge in [-0.2, -0.15) is 0 Å². The molecule has 28 heavy (non-hydrogen) atoms. The standard InChI is InChI=1S/C21H25FN2O4/c1-2-3-19(25)16-4-5-18(17(22)14-16)23-10-12-24(13-11-23)20(26)15-6-8-21(27,28)9-7-15/h4-8,14,27-28H,2-3,9-13H2,1H3. The number of carbonyl (C=O) groups is 2. The van der Waals surface area contributed by atoms with Crippen LogP contribution in [0.25, 0.3) is 0 Å². The van der Waals surface area contributed by atoms with Crippen molar-refractivity contribution in [3.05, 3.63) is 53.4 Å². The third-order valence-electron chi connectivity index (χ3n) is 5.05. The lowest BCUT2D eigenvalue weighted by molar-refractivity contribution is -0.127. The summed E-state index contributed by atoms with van der Waals surface area (Å²) in [6.07, 6.45) is 5.23. The molecule has 0 spiro atoms. The van der Waals surface area contributed by atoms with Gasteiger partial charge in [0.2, 0.25) is 0 Å². The highest BCUT2D eigenvalue weighted by molar-refractivity contribution is 5.97. The lowest BCUT2D eigenvalue weighted by atomic mass is 10.0. The van der Waals surface area contributed by atoms with E-state index in [2.05, 4.69) is 0 Å². The first-order chi connectivity index (χ1) is 13.3. The van der Waals surface area contributed by atoms with Crippen LogP contribution >= 0.6 is 0 Å². The van der Waals surface area contributed by atoms with Crippen molar-refractivity contribution in [3.63, 3.8) is 0 Å². The Morgan fingerprint density at radius 3 is 2.46 bits per heavy atom. The summed E-state index contributed by atoms with van der Waals surface area (Å²) in [4.78, 5) is 28.0. The second-order valence-corrected chi connectivity index (χ2v) is 7.19. The van der Waals surface area contributed by atoms with Gasteiger partial charge in [0.1, 0.15) is 5.82 Å². The number of aliphatic hydroxyl groups is 2. The number of halogens is 1. The second-order valence-electron chi connectivity index (χ2n) is 7.19. The van der Waals surface area contributed by atoms with Crippen molar-refractivity contribution in [2.75, 3.05) is 31.1 Å². The number of Topliss-reactive ketones (excluding diaryl/α,β-unsaturated/α-hetero) is 1. The molecule has 1 heterocycles. The van der Waals surface area contributed by atoms with Crippen LogP contribution in [0, 0.1) is 5.82 Å². The fraction of sp³-hybridized carbons (Fsp3) is 0.429. The molecule has 1 aliphatic heterocycles. The molecule has 2 N–H and O–H groups in total. The topological polar surface area (TPSA) is 81.1 Å². The molecule has 2 aliphatic rings. The molecule has 1 aromatic carbocycles. The summed E-state index contributed by atoms with van der Waals surface area (Å²) in [7, 11) is 0. The molecule has 0 unspecified atom stereocenters. The van der Waals surface area contributed by atoms with Crippen LogP contribution in [0.4, 0.5) is 10.1 Å². The van der Waals surface area contributed by atoms with Crippen molar-refractivity contribution in [2.45, 2.75) is 32.0 Å². The Labute approximate surface area is 163 Å². The maximum Gasteiger partial charge on any atom is 0.253 e. The van der Waals surface area contributed by atoms with Crippen LogP contribution in [0.2, 0.25) is 0 Å². The van der Waals surface area contributed by atoms with Crippen LogP contribution in [0.1, 0.15) is 36.5 Å². The summed E-state index contributed by atoms with van der Waals surface area (Å²) in [5.74, 6) is -2.56. The van der Waals surface area contributed by atoms with Crippen molar-refractivity contribution < 1.29 is 24.2 Å². The van der Waals surface area contributed by atoms with Crippen LogP contribution in [-0.2, 0) is 4.79 Å². The molecule has 3 rings (SSSR count). The van der Waals surface area contributed by atoms with E-state index >= 15 is 0 Å². The maximum absolute atomic E-state index is 14.5. The minimum absolute atomic E-state index is 0.0289. The Kier molecular flexibility index (Phi) is 5.96. The van der Waals surface area contributed by atoms with Crippen molar-refractivity contribution in [3.8, 4) is 0 Å². The Hall–Kier alpha value is -2.51. The predicted molar refractivity (Wildman–Crippen MR) is 103 cm³/mol. The SMILES string of the molecule is CCCC(=O)c1ccc(N2CCN(C(=O)C3=CCC(O)(O)C=C3)CC2)c(F)c1. The molecule has 0 atom stereocenters. The minimum Gasteiger partial charge on any atom is -0.366 e. The quantitative estimate of drug-likeness (QED) is 0.596. The molecule has 0 saturated carbocycles. The first-order valence-corrected chi connectivity index (χ1v) is 9.52. The van der Waals surface area contributed by atoms with Crippen molar-refractivity contribution >= 4 is 17.4 Å². The Morgan fingerprint density at radius 2 is 1.89 bits per heavy atom. The fourth-order valence-electron chi connectivity index (χ4n) is 3.42. The number of carbonyl (C=O) groups excluding carboxylic acids is 2. The molecule has 0 radical (unpaired) electrons. The molecule has 1 fully saturated rings. The van der Waals surface area contributed by atoms with Gasteiger partial charge in [-0.1, -0.05) is 13.0 Å². The van der Waals surface area contributed by atoms with Gasteiger partial charge in [0.15, 0.2) is 11.6 Å². The zero-order chi connectivity index (χ0) is 20.3. The molecule has 7 heteroatoms. The van der Waals surface area contributed by atoms with E-state index in [1.54, 1.807) is 17.0 Å². The summed E-state index contributed by atoms with van der Waals surface area (Å²) in [5.41, 5.74) is 1.25. The van der Waals surface area contributed by atoms with Gasteiger partial charge in [-0.3, -0.25) is 9.59 Å². The van der Waals surface area contributed by atoms with Gasteiger partial charge >= 0.3 is 0 Å². The summed E-state index contributed by atoms with van der Waals surface area (Å²) in [6.45, 7) is 3.73. The van der Waals surface area contributed by atoms with Crippen LogP contribution in [0.15, 0.2) is 42.0 Å². The zero-order valence-corrected chi connectivity index (χ0v) is 15.9. The normalized spacial score (nSPS) is 18.8. The molecule has 1 aliphatic carbocycles. The number of benzene rings is 1. The van der Waals surface area contributed by atoms with E-state index in [1.807, 2.05) is 11.8 Å². The highest BCUT2D eigenvalue weighted by atomic mass is 19.1. The van der Waals surface area contributed by atoms with Gasteiger partial charge in [0.05, 0.1) is 5.69 Å². The lowest BCUT2D eigenvalue weighted by Gasteiger charge is -2.36. The molecule has 6 nitrogen and oxygen atoms in total. The number of anilines is 1. The molecular weight excluding hydrogens is 363 g/mol. The monoisotopic (exact) mass is 388 g/mol. The van der Waals surface area contributed by atoms with Gasteiger partial charge in [-0.25, -0.2) is 4.39 Å². The van der Waals surface area contributed by atoms with E-state index < -0.39 is 11.6 Å². The van der Waals surface area contributed by atoms with Gasteiger partial charge < -0.3 is 20.0 Å². The fourth-order valence-corrected chi connectivity index (χ4v) is 3.42. The molecule has 1 amide bonds. The molecule has 1 saturated heterocycles. The van der Waals surface area contributed by atoms with E-state index in [-0.39, 0.29) is 18.1 Å². The highest BCUT2D eigenvalue weighted by Gasteiger charge is 2.28. The summed E-state index contributed by atoms with van der Waals surface area (Å²) in [6, 6.07) is 4.57. The molecular formula is C21H25FN2O4. The third-order valence-corrected chi connectivity index (χ3v) is 5.05. The van der Waals surface area contributed by atoms with E-state index in [1.165, 1.54) is 24.3 Å². The second kappa shape index (κ2) is 8.24. The average molecular weight is 388 g/mol. The van der Waals surface area contributed by atoms with Crippen molar-refractivity contribution in [1.29, 1.82) is 0 Å². The van der Waals surface area contributed by atoms with E-state index in [0.29, 0.717) is 49.4 Å². The van der Waals surface area contributed by atoms with Crippen LogP contribution < -0.4 is 4.90 Å². The first kappa shape index (κ1) is 20.2. The first-order valence-electron chi connectivity index (χ1n) is 9.52. The number of rotatable bonds is 5. The van der Waals surface area contributed by atoms with Crippen LogP contribution in [-0.4, -0.2) is 58.8 Å². The molecule has 0 bridgehead atoms. The average Bonchev–Trinajstić information content (AvgIpc) is 2.68. The summed E-state index contributed by atoms with van der Waals surface area (Å²) >= 11 is 0. The van der Waals surface area contributed by atoms with Gasteiger partial charge in [0, 0.05) is 50.2 Å². The number of nitrogens with zero attached hydrogens (tertiary/aromatic N) is 2. The van der Waals surface area contributed by atoms with E-state index in [0.717, 1.165) is 6.42 Å². The van der Waals surface area contributed by atoms with Crippen molar-refractivity contribution in [1.82, 2.24) is 4.90 Å². The van der Waals surface area contributed by atoms with E-state index in [4.69, 9.17) is 0 Å². The Bertz CT molecular complexity index is 824. The van der Waals surface area contributed by atoms with Gasteiger partial charge in [-0.15, -0.1) is 0 Å². The number of piperazine rings is 1. The van der Waals surface area contributed by atoms with Crippen LogP contribution in [0.3, 0.4) is 0 Å². The minimum atomic E-state index is -1.90. The highest BCUT2D eigenvalue weighted by Crippen LogP contribution is 2.24. The largest absolute Gasteiger partial charge is 0.366 e. The third kappa shape index (κ3) is 4.48. The summed E-state index contributed by atoms with van der Waals surface area (Å²) in [5, 5.41) is 19.0. The summed E-state index contributed by atoms with van der Waals surface area (Å²) < 4.78 is 14.5. The zero-order valence-electron chi connectivity index (χ0n) is 15.9. The number of hydrogen-bond acceptors (Lipinski definition) is 5. The van der Waals surface area contributed by atoms with E-state index in [9.17, 15) is 24.2 Å². The Morgan fingerprint density at radius 1 is 1.18 bits per heavy atom. The predicted octanol–water partition coefficient (Wildman–Crippen LogP) is 2.02. The number of ketones is 1. The van der Waals surface area contributed by atoms with Gasteiger partial charge in [0.25, 0.3) is 5.91 Å².